The predicted molar refractivity (Wildman–Crippen MR) is 245 cm³/mol. The molecule has 10 heteroatoms. The van der Waals surface area contributed by atoms with Crippen molar-refractivity contribution in [2.75, 3.05) is 43.4 Å². The number of hydrogen-bond acceptors (Lipinski definition) is 7. The van der Waals surface area contributed by atoms with Gasteiger partial charge in [0.25, 0.3) is 0 Å². The molecule has 59 heavy (non-hydrogen) atoms. The normalized spacial score (nSPS) is 14.4. The van der Waals surface area contributed by atoms with Gasteiger partial charge in [0, 0.05) is 25.2 Å². The average Bonchev–Trinajstić information content (AvgIpc) is 3.23. The summed E-state index contributed by atoms with van der Waals surface area (Å²) in [6.07, 6.45) is 10.5. The molecule has 1 fully saturated rings. The molecule has 0 radical (unpaired) electrons. The topological polar surface area (TPSA) is 101 Å². The molecule has 9 nitrogen and oxygen atoms in total. The SMILES string of the molecule is CC(C)(C)[Si](C)(C)OC(CNCCCCCCCCCN1CCC(OC(=O)Nc2ccccc2-c2ccccc2)CC1)c1ccc(OCc2ccccc2)c(NC=O)c1. The number of unbranched alkanes of at least 4 members (excludes halogenated alkanes) is 6. The molecule has 0 aromatic heterocycles. The van der Waals surface area contributed by atoms with Crippen LogP contribution in [0.3, 0.4) is 0 Å². The smallest absolute Gasteiger partial charge is 0.411 e. The lowest BCUT2D eigenvalue weighted by atomic mass is 10.0. The predicted octanol–water partition coefficient (Wildman–Crippen LogP) is 11.6. The molecule has 1 unspecified atom stereocenters. The lowest BCUT2D eigenvalue weighted by Gasteiger charge is -2.39. The summed E-state index contributed by atoms with van der Waals surface area (Å²) in [7, 11) is -2.08. The van der Waals surface area contributed by atoms with Crippen LogP contribution in [0.25, 0.3) is 11.1 Å². The molecule has 4 aromatic carbocycles. The highest BCUT2D eigenvalue weighted by molar-refractivity contribution is 6.74. The van der Waals surface area contributed by atoms with Crippen LogP contribution >= 0.6 is 0 Å². The third kappa shape index (κ3) is 14.9. The first-order valence-electron chi connectivity index (χ1n) is 21.8. The van der Waals surface area contributed by atoms with Crippen molar-refractivity contribution in [2.24, 2.45) is 0 Å². The van der Waals surface area contributed by atoms with Crippen molar-refractivity contribution in [3.8, 4) is 16.9 Å². The number of likely N-dealkylation sites (tertiary alicyclic amines) is 1. The Morgan fingerprint density at radius 2 is 1.46 bits per heavy atom. The average molecular weight is 821 g/mol. The zero-order valence-corrected chi connectivity index (χ0v) is 37.1. The first-order chi connectivity index (χ1) is 28.5. The van der Waals surface area contributed by atoms with Crippen LogP contribution in [0.1, 0.15) is 95.8 Å². The highest BCUT2D eigenvalue weighted by Crippen LogP contribution is 2.40. The molecule has 5 rings (SSSR count). The number of rotatable bonds is 23. The minimum absolute atomic E-state index is 0.0456. The van der Waals surface area contributed by atoms with Gasteiger partial charge in [-0.05, 0) is 91.8 Å². The monoisotopic (exact) mass is 820 g/mol. The number of nitrogens with one attached hydrogen (secondary N) is 3. The lowest BCUT2D eigenvalue weighted by Crippen LogP contribution is -2.43. The van der Waals surface area contributed by atoms with Crippen LogP contribution in [0.2, 0.25) is 18.1 Å². The molecule has 4 aromatic rings. The van der Waals surface area contributed by atoms with E-state index < -0.39 is 8.32 Å². The van der Waals surface area contributed by atoms with E-state index in [-0.39, 0.29) is 23.3 Å². The van der Waals surface area contributed by atoms with Crippen LogP contribution in [0.4, 0.5) is 16.2 Å². The van der Waals surface area contributed by atoms with Crippen LogP contribution < -0.4 is 20.7 Å². The van der Waals surface area contributed by atoms with Crippen molar-refractivity contribution in [3.05, 3.63) is 114 Å². The van der Waals surface area contributed by atoms with Gasteiger partial charge >= 0.3 is 6.09 Å². The number of para-hydroxylation sites is 1. The first kappa shape index (κ1) is 45.6. The number of hydrogen-bond donors (Lipinski definition) is 3. The molecule has 1 aliphatic rings. The summed E-state index contributed by atoms with van der Waals surface area (Å²) < 4.78 is 18.9. The fourth-order valence-corrected chi connectivity index (χ4v) is 8.54. The second-order valence-corrected chi connectivity index (χ2v) is 22.1. The fraction of sp³-hybridized carbons (Fsp3) is 0.469. The Bertz CT molecular complexity index is 1840. The van der Waals surface area contributed by atoms with Crippen molar-refractivity contribution >= 4 is 32.2 Å². The summed E-state index contributed by atoms with van der Waals surface area (Å²) in [6, 6.07) is 34.0. The second kappa shape index (κ2) is 23.3. The third-order valence-corrected chi connectivity index (χ3v) is 16.3. The number of anilines is 2. The van der Waals surface area contributed by atoms with Gasteiger partial charge in [-0.15, -0.1) is 0 Å². The summed E-state index contributed by atoms with van der Waals surface area (Å²) in [4.78, 5) is 26.9. The van der Waals surface area contributed by atoms with Gasteiger partial charge in [0.05, 0.1) is 17.5 Å². The van der Waals surface area contributed by atoms with Gasteiger partial charge in [0.2, 0.25) is 6.41 Å². The van der Waals surface area contributed by atoms with Crippen LogP contribution in [0.5, 0.6) is 5.75 Å². The van der Waals surface area contributed by atoms with E-state index in [4.69, 9.17) is 13.9 Å². The molecule has 2 amide bonds. The summed E-state index contributed by atoms with van der Waals surface area (Å²) in [5.41, 5.74) is 5.56. The molecule has 0 spiro atoms. The van der Waals surface area contributed by atoms with Gasteiger partial charge in [-0.3, -0.25) is 10.1 Å². The quantitative estimate of drug-likeness (QED) is 0.0389. The Hall–Kier alpha value is -4.48. The molecular weight excluding hydrogens is 753 g/mol. The molecule has 1 atom stereocenters. The number of piperidine rings is 1. The van der Waals surface area contributed by atoms with Gasteiger partial charge in [0.15, 0.2) is 8.32 Å². The van der Waals surface area contributed by atoms with E-state index in [9.17, 15) is 9.59 Å². The zero-order chi connectivity index (χ0) is 41.9. The minimum Gasteiger partial charge on any atom is -0.487 e. The van der Waals surface area contributed by atoms with Crippen molar-refractivity contribution in [3.63, 3.8) is 0 Å². The van der Waals surface area contributed by atoms with Gasteiger partial charge in [-0.25, -0.2) is 4.79 Å². The number of carbonyl (C=O) groups is 2. The van der Waals surface area contributed by atoms with E-state index in [2.05, 4.69) is 60.8 Å². The van der Waals surface area contributed by atoms with E-state index in [0.717, 1.165) is 73.4 Å². The Morgan fingerprint density at radius 1 is 0.814 bits per heavy atom. The highest BCUT2D eigenvalue weighted by Gasteiger charge is 2.39. The van der Waals surface area contributed by atoms with E-state index in [0.29, 0.717) is 31.0 Å². The molecule has 0 saturated carbocycles. The van der Waals surface area contributed by atoms with Crippen LogP contribution in [0.15, 0.2) is 103 Å². The lowest BCUT2D eigenvalue weighted by molar-refractivity contribution is -0.105. The first-order valence-corrected chi connectivity index (χ1v) is 24.7. The molecule has 1 saturated heterocycles. The largest absolute Gasteiger partial charge is 0.487 e. The van der Waals surface area contributed by atoms with Gasteiger partial charge in [-0.2, -0.15) is 0 Å². The van der Waals surface area contributed by atoms with Crippen molar-refractivity contribution < 1.29 is 23.5 Å². The molecule has 3 N–H and O–H groups in total. The van der Waals surface area contributed by atoms with Gasteiger partial charge in [-0.1, -0.05) is 138 Å². The van der Waals surface area contributed by atoms with Crippen LogP contribution in [0, 0.1) is 0 Å². The van der Waals surface area contributed by atoms with Crippen molar-refractivity contribution in [1.82, 2.24) is 10.2 Å². The van der Waals surface area contributed by atoms with Gasteiger partial charge in [0.1, 0.15) is 18.5 Å². The minimum atomic E-state index is -2.08. The maximum absolute atomic E-state index is 12.8. The molecule has 318 valence electrons. The number of nitrogens with zero attached hydrogens (tertiary/aromatic N) is 1. The Balaban J connectivity index is 0.954. The highest BCUT2D eigenvalue weighted by atomic mass is 28.4. The van der Waals surface area contributed by atoms with E-state index >= 15 is 0 Å². The molecule has 1 heterocycles. The number of benzene rings is 4. The van der Waals surface area contributed by atoms with Crippen LogP contribution in [-0.2, 0) is 20.6 Å². The Labute approximate surface area is 354 Å². The molecular formula is C49H68N4O5Si. The van der Waals surface area contributed by atoms with Crippen molar-refractivity contribution in [1.29, 1.82) is 0 Å². The van der Waals surface area contributed by atoms with E-state index in [1.165, 1.54) is 38.5 Å². The van der Waals surface area contributed by atoms with E-state index in [1.54, 1.807) is 0 Å². The summed E-state index contributed by atoms with van der Waals surface area (Å²) >= 11 is 0. The number of amides is 2. The Morgan fingerprint density at radius 3 is 2.15 bits per heavy atom. The Kier molecular flexibility index (Phi) is 18.0. The summed E-state index contributed by atoms with van der Waals surface area (Å²) in [5, 5.41) is 9.59. The van der Waals surface area contributed by atoms with Crippen LogP contribution in [-0.4, -0.2) is 64.5 Å². The maximum Gasteiger partial charge on any atom is 0.411 e. The summed E-state index contributed by atoms with van der Waals surface area (Å²) in [6.45, 7) is 16.5. The maximum atomic E-state index is 12.8. The number of carbonyl (C=O) groups excluding carboxylic acids is 2. The fourth-order valence-electron chi connectivity index (χ4n) is 7.25. The molecule has 0 bridgehead atoms. The van der Waals surface area contributed by atoms with Gasteiger partial charge < -0.3 is 29.4 Å². The zero-order valence-electron chi connectivity index (χ0n) is 36.1. The summed E-state index contributed by atoms with van der Waals surface area (Å²) in [5.74, 6) is 0.638. The number of ether oxygens (including phenoxy) is 2. The second-order valence-electron chi connectivity index (χ2n) is 17.3. The standard InChI is InChI=1S/C49H68N4O5Si/c1-49(2,3)59(4,5)58-47(41-27-28-46(45(35-41)51-38-54)56-37-39-21-13-11-14-22-39)36-50-31-19-9-7-6-8-10-20-32-53-33-29-42(30-34-53)57-48(55)52-44-26-18-17-25-43(44)40-23-15-12-16-24-40/h11-18,21-28,35,38,42,47,50H,6-10,19-20,29-34,36-37H2,1-5H3,(H,51,54)(H,52,55). The molecule has 1 aliphatic heterocycles. The van der Waals surface area contributed by atoms with E-state index in [1.807, 2.05) is 97.1 Å². The van der Waals surface area contributed by atoms with Crippen molar-refractivity contribution in [2.45, 2.75) is 116 Å². The molecule has 0 aliphatic carbocycles. The third-order valence-electron chi connectivity index (χ3n) is 11.8.